The highest BCUT2D eigenvalue weighted by atomic mass is 16.5. The van der Waals surface area contributed by atoms with E-state index in [-0.39, 0.29) is 11.7 Å². The second kappa shape index (κ2) is 7.94. The smallest absolute Gasteiger partial charge is 0.356 e. The number of aromatic nitrogens is 6. The largest absolute Gasteiger partial charge is 0.476 e. The van der Waals surface area contributed by atoms with E-state index in [0.717, 1.165) is 39.1 Å². The monoisotopic (exact) mass is 440 g/mol. The maximum absolute atomic E-state index is 11.5. The van der Waals surface area contributed by atoms with Crippen LogP contribution in [-0.4, -0.2) is 40.7 Å². The molecule has 0 aliphatic heterocycles. The molecule has 0 bridgehead atoms. The zero-order chi connectivity index (χ0) is 23.1. The van der Waals surface area contributed by atoms with Crippen LogP contribution < -0.4 is 0 Å². The van der Waals surface area contributed by atoms with E-state index >= 15 is 0 Å². The van der Waals surface area contributed by atoms with Crippen LogP contribution in [0.3, 0.4) is 0 Å². The molecule has 0 radical (unpaired) electrons. The first-order chi connectivity index (χ1) is 15.9. The van der Waals surface area contributed by atoms with Crippen LogP contribution in [0.2, 0.25) is 0 Å². The topological polar surface area (TPSA) is 120 Å². The van der Waals surface area contributed by atoms with Crippen molar-refractivity contribution in [1.29, 1.82) is 0 Å². The number of hydrogen-bond donors (Lipinski definition) is 1. The van der Waals surface area contributed by atoms with E-state index in [1.807, 2.05) is 55.8 Å². The molecule has 0 aliphatic carbocycles. The Morgan fingerprint density at radius 2 is 2.00 bits per heavy atom. The standard InChI is InChI=1S/C24H20N6O3/c1-13-22(15(3)33-29-13)16-8-17-18(20-10-25-11-21(28-20)24(31)32)12-30(23(17)27-9-16)14(2)19-6-4-5-7-26-19/h4-12,14H,1-3H3,(H,31,32)/t14-/m0/s1. The Kier molecular flexibility index (Phi) is 4.93. The zero-order valence-corrected chi connectivity index (χ0v) is 18.2. The Bertz CT molecular complexity index is 1470. The van der Waals surface area contributed by atoms with Gasteiger partial charge in [-0.2, -0.15) is 0 Å². The minimum Gasteiger partial charge on any atom is -0.476 e. The molecule has 9 nitrogen and oxygen atoms in total. The van der Waals surface area contributed by atoms with Gasteiger partial charge in [0.15, 0.2) is 5.69 Å². The summed E-state index contributed by atoms with van der Waals surface area (Å²) in [4.78, 5) is 29.2. The Labute approximate surface area is 188 Å². The molecule has 5 aromatic rings. The van der Waals surface area contributed by atoms with Gasteiger partial charge in [-0.25, -0.2) is 14.8 Å². The molecule has 9 heteroatoms. The molecule has 0 spiro atoms. The molecule has 5 heterocycles. The normalized spacial score (nSPS) is 12.2. The van der Waals surface area contributed by atoms with Gasteiger partial charge in [-0.15, -0.1) is 0 Å². The van der Waals surface area contributed by atoms with Crippen LogP contribution in [0.1, 0.15) is 40.6 Å². The molecule has 0 fully saturated rings. The van der Waals surface area contributed by atoms with E-state index in [4.69, 9.17) is 9.51 Å². The summed E-state index contributed by atoms with van der Waals surface area (Å²) in [6.45, 7) is 5.78. The molecule has 0 amide bonds. The van der Waals surface area contributed by atoms with Crippen molar-refractivity contribution in [2.45, 2.75) is 26.8 Å². The molecule has 33 heavy (non-hydrogen) atoms. The first-order valence-electron chi connectivity index (χ1n) is 10.3. The Morgan fingerprint density at radius 1 is 1.15 bits per heavy atom. The number of carbonyl (C=O) groups is 1. The van der Waals surface area contributed by atoms with Gasteiger partial charge in [-0.1, -0.05) is 11.2 Å². The fourth-order valence-corrected chi connectivity index (χ4v) is 4.03. The molecule has 5 aromatic heterocycles. The van der Waals surface area contributed by atoms with Crippen molar-refractivity contribution in [1.82, 2.24) is 29.7 Å². The summed E-state index contributed by atoms with van der Waals surface area (Å²) < 4.78 is 7.35. The SMILES string of the molecule is Cc1noc(C)c1-c1cnc2c(c1)c(-c1cncc(C(=O)O)n1)cn2[C@@H](C)c1ccccn1. The number of carboxylic acid groups (broad SMARTS) is 1. The van der Waals surface area contributed by atoms with E-state index in [0.29, 0.717) is 11.5 Å². The summed E-state index contributed by atoms with van der Waals surface area (Å²) in [6.07, 6.45) is 8.25. The second-order valence-electron chi connectivity index (χ2n) is 7.77. The van der Waals surface area contributed by atoms with E-state index in [9.17, 15) is 9.90 Å². The molecule has 164 valence electrons. The summed E-state index contributed by atoms with van der Waals surface area (Å²) >= 11 is 0. The first-order valence-corrected chi connectivity index (χ1v) is 10.3. The minimum absolute atomic E-state index is 0.115. The molecule has 0 saturated heterocycles. The summed E-state index contributed by atoms with van der Waals surface area (Å²) in [6, 6.07) is 7.66. The van der Waals surface area contributed by atoms with Gasteiger partial charge in [0.05, 0.1) is 35.5 Å². The fraction of sp³-hybridized carbons (Fsp3) is 0.167. The summed E-state index contributed by atoms with van der Waals surface area (Å²) in [5.74, 6) is -0.436. The number of fused-ring (bicyclic) bond motifs is 1. The van der Waals surface area contributed by atoms with Gasteiger partial charge in [0.2, 0.25) is 0 Å². The number of aromatic carboxylic acids is 1. The van der Waals surface area contributed by atoms with Gasteiger partial charge in [0.25, 0.3) is 0 Å². The van der Waals surface area contributed by atoms with Gasteiger partial charge < -0.3 is 14.2 Å². The van der Waals surface area contributed by atoms with Crippen LogP contribution in [-0.2, 0) is 0 Å². The Balaban J connectivity index is 1.76. The van der Waals surface area contributed by atoms with E-state index in [1.54, 1.807) is 18.6 Å². The van der Waals surface area contributed by atoms with E-state index in [2.05, 4.69) is 20.1 Å². The van der Waals surface area contributed by atoms with Crippen LogP contribution in [0, 0.1) is 13.8 Å². The van der Waals surface area contributed by atoms with Crippen molar-refractivity contribution < 1.29 is 14.4 Å². The van der Waals surface area contributed by atoms with Crippen LogP contribution in [0.25, 0.3) is 33.4 Å². The molecule has 1 atom stereocenters. The number of aryl methyl sites for hydroxylation is 2. The molecular weight excluding hydrogens is 420 g/mol. The summed E-state index contributed by atoms with van der Waals surface area (Å²) in [5, 5.41) is 14.3. The Morgan fingerprint density at radius 3 is 2.70 bits per heavy atom. The second-order valence-corrected chi connectivity index (χ2v) is 7.77. The molecule has 0 aliphatic rings. The van der Waals surface area contributed by atoms with Crippen molar-refractivity contribution in [3.05, 3.63) is 78.1 Å². The maximum Gasteiger partial charge on any atom is 0.356 e. The quantitative estimate of drug-likeness (QED) is 0.425. The third-order valence-corrected chi connectivity index (χ3v) is 5.65. The molecule has 0 aromatic carbocycles. The number of nitrogens with zero attached hydrogens (tertiary/aromatic N) is 6. The molecular formula is C24H20N6O3. The van der Waals surface area contributed by atoms with Crippen molar-refractivity contribution in [3.8, 4) is 22.4 Å². The third-order valence-electron chi connectivity index (χ3n) is 5.65. The predicted molar refractivity (Wildman–Crippen MR) is 121 cm³/mol. The maximum atomic E-state index is 11.5. The number of pyridine rings is 2. The van der Waals surface area contributed by atoms with Crippen molar-refractivity contribution in [3.63, 3.8) is 0 Å². The highest BCUT2D eigenvalue weighted by Crippen LogP contribution is 2.35. The average Bonchev–Trinajstić information content (AvgIpc) is 3.38. The highest BCUT2D eigenvalue weighted by Gasteiger charge is 2.21. The first kappa shape index (κ1) is 20.5. The highest BCUT2D eigenvalue weighted by molar-refractivity contribution is 5.96. The lowest BCUT2D eigenvalue weighted by Gasteiger charge is -2.14. The van der Waals surface area contributed by atoms with E-state index < -0.39 is 5.97 Å². The van der Waals surface area contributed by atoms with Gasteiger partial charge >= 0.3 is 5.97 Å². The number of hydrogen-bond acceptors (Lipinski definition) is 7. The molecule has 5 rings (SSSR count). The number of rotatable bonds is 5. The third kappa shape index (κ3) is 3.53. The summed E-state index contributed by atoms with van der Waals surface area (Å²) in [7, 11) is 0. The van der Waals surface area contributed by atoms with Gasteiger partial charge in [-0.3, -0.25) is 9.97 Å². The number of carboxylic acids is 1. The van der Waals surface area contributed by atoms with Gasteiger partial charge in [-0.05, 0) is 39.0 Å². The minimum atomic E-state index is -1.13. The predicted octanol–water partition coefficient (Wildman–Crippen LogP) is 4.47. The summed E-state index contributed by atoms with van der Waals surface area (Å²) in [5.41, 5.74) is 5.15. The fourth-order valence-electron chi connectivity index (χ4n) is 4.03. The van der Waals surface area contributed by atoms with Crippen LogP contribution in [0.4, 0.5) is 0 Å². The lowest BCUT2D eigenvalue weighted by molar-refractivity contribution is 0.0690. The lowest BCUT2D eigenvalue weighted by atomic mass is 10.0. The van der Waals surface area contributed by atoms with Crippen molar-refractivity contribution in [2.24, 2.45) is 0 Å². The molecule has 1 N–H and O–H groups in total. The zero-order valence-electron chi connectivity index (χ0n) is 18.2. The van der Waals surface area contributed by atoms with Gasteiger partial charge in [0.1, 0.15) is 11.4 Å². The van der Waals surface area contributed by atoms with Crippen LogP contribution in [0.5, 0.6) is 0 Å². The average molecular weight is 440 g/mol. The molecule has 0 saturated carbocycles. The van der Waals surface area contributed by atoms with Crippen LogP contribution in [0.15, 0.2) is 59.8 Å². The van der Waals surface area contributed by atoms with Crippen molar-refractivity contribution >= 4 is 17.0 Å². The lowest BCUT2D eigenvalue weighted by Crippen LogP contribution is -2.07. The Hall–Kier alpha value is -4.40. The van der Waals surface area contributed by atoms with Gasteiger partial charge in [0, 0.05) is 40.7 Å². The molecule has 0 unspecified atom stereocenters. The van der Waals surface area contributed by atoms with E-state index in [1.165, 1.54) is 6.20 Å². The van der Waals surface area contributed by atoms with Crippen LogP contribution >= 0.6 is 0 Å². The van der Waals surface area contributed by atoms with Crippen molar-refractivity contribution in [2.75, 3.05) is 0 Å².